The molecule has 0 radical (unpaired) electrons. The summed E-state index contributed by atoms with van der Waals surface area (Å²) in [6.45, 7) is 1.48. The van der Waals surface area contributed by atoms with Crippen LogP contribution >= 0.6 is 0 Å². The van der Waals surface area contributed by atoms with Crippen molar-refractivity contribution in [2.24, 2.45) is 17.8 Å². The number of phenolic OH excluding ortho intramolecular Hbond substituents is 1. The highest BCUT2D eigenvalue weighted by Gasteiger charge is 2.51. The molecule has 5 heteroatoms. The standard InChI is InChI=1S/C20H25NO4/c1-12-2-3-16(7-17(12)22)19(24)25-11-18(23)21-20-8-13-4-14(9-20)6-15(5-13)10-20/h2-3,7,13-15,22H,4-6,8-11H2,1H3,(H,21,23). The molecule has 0 aliphatic heterocycles. The van der Waals surface area contributed by atoms with Crippen LogP contribution in [0.5, 0.6) is 5.75 Å². The Bertz CT molecular complexity index is 676. The number of hydrogen-bond donors (Lipinski definition) is 2. The van der Waals surface area contributed by atoms with Gasteiger partial charge in [-0.1, -0.05) is 6.07 Å². The molecule has 4 bridgehead atoms. The van der Waals surface area contributed by atoms with Crippen LogP contribution in [0.15, 0.2) is 18.2 Å². The molecule has 4 aliphatic rings. The number of benzene rings is 1. The van der Waals surface area contributed by atoms with Gasteiger partial charge in [-0.15, -0.1) is 0 Å². The fraction of sp³-hybridized carbons (Fsp3) is 0.600. The van der Waals surface area contributed by atoms with E-state index in [1.165, 1.54) is 25.3 Å². The van der Waals surface area contributed by atoms with Gasteiger partial charge in [-0.05, 0) is 80.9 Å². The van der Waals surface area contributed by atoms with Crippen LogP contribution < -0.4 is 5.32 Å². The van der Waals surface area contributed by atoms with Gasteiger partial charge in [0.1, 0.15) is 5.75 Å². The summed E-state index contributed by atoms with van der Waals surface area (Å²) in [4.78, 5) is 24.4. The summed E-state index contributed by atoms with van der Waals surface area (Å²) in [6.07, 6.45) is 7.18. The first kappa shape index (κ1) is 16.4. The minimum Gasteiger partial charge on any atom is -0.508 e. The van der Waals surface area contributed by atoms with Crippen molar-refractivity contribution in [2.75, 3.05) is 6.61 Å². The molecular formula is C20H25NO4. The Balaban J connectivity index is 1.33. The van der Waals surface area contributed by atoms with E-state index >= 15 is 0 Å². The zero-order chi connectivity index (χ0) is 17.6. The monoisotopic (exact) mass is 343 g/mol. The smallest absolute Gasteiger partial charge is 0.338 e. The van der Waals surface area contributed by atoms with E-state index in [1.54, 1.807) is 19.1 Å². The van der Waals surface area contributed by atoms with E-state index < -0.39 is 5.97 Å². The first-order chi connectivity index (χ1) is 11.9. The highest BCUT2D eigenvalue weighted by Crippen LogP contribution is 2.55. The average Bonchev–Trinajstić information content (AvgIpc) is 2.53. The number of nitrogens with one attached hydrogen (secondary N) is 1. The zero-order valence-electron chi connectivity index (χ0n) is 14.6. The van der Waals surface area contributed by atoms with Crippen LogP contribution in [-0.4, -0.2) is 29.1 Å². The molecule has 134 valence electrons. The van der Waals surface area contributed by atoms with Gasteiger partial charge in [0, 0.05) is 5.54 Å². The molecule has 5 nitrogen and oxygen atoms in total. The third-order valence-corrected chi connectivity index (χ3v) is 6.22. The summed E-state index contributed by atoms with van der Waals surface area (Å²) in [6, 6.07) is 4.62. The normalized spacial score (nSPS) is 32.4. The molecule has 0 aromatic heterocycles. The van der Waals surface area contributed by atoms with Gasteiger partial charge in [0.15, 0.2) is 6.61 Å². The zero-order valence-corrected chi connectivity index (χ0v) is 14.6. The summed E-state index contributed by atoms with van der Waals surface area (Å²) in [5.74, 6) is 1.51. The molecule has 1 aromatic carbocycles. The van der Waals surface area contributed by atoms with Crippen LogP contribution in [0.3, 0.4) is 0 Å². The molecule has 0 spiro atoms. The van der Waals surface area contributed by atoms with Gasteiger partial charge in [-0.3, -0.25) is 4.79 Å². The number of aromatic hydroxyl groups is 1. The van der Waals surface area contributed by atoms with Crippen molar-refractivity contribution in [3.8, 4) is 5.75 Å². The minimum atomic E-state index is -0.587. The first-order valence-corrected chi connectivity index (χ1v) is 9.20. The highest BCUT2D eigenvalue weighted by molar-refractivity contribution is 5.91. The van der Waals surface area contributed by atoms with Crippen molar-refractivity contribution >= 4 is 11.9 Å². The van der Waals surface area contributed by atoms with Gasteiger partial charge in [0.2, 0.25) is 0 Å². The number of aryl methyl sites for hydroxylation is 1. The van der Waals surface area contributed by atoms with Crippen LogP contribution in [0.25, 0.3) is 0 Å². The molecule has 2 N–H and O–H groups in total. The molecular weight excluding hydrogens is 318 g/mol. The number of hydrogen-bond acceptors (Lipinski definition) is 4. The largest absolute Gasteiger partial charge is 0.508 e. The van der Waals surface area contributed by atoms with E-state index in [9.17, 15) is 14.7 Å². The summed E-state index contributed by atoms with van der Waals surface area (Å²) >= 11 is 0. The van der Waals surface area contributed by atoms with Crippen molar-refractivity contribution in [1.29, 1.82) is 0 Å². The van der Waals surface area contributed by atoms with Crippen LogP contribution in [0, 0.1) is 24.7 Å². The van der Waals surface area contributed by atoms with E-state index in [2.05, 4.69) is 5.32 Å². The maximum absolute atomic E-state index is 12.3. The molecule has 0 heterocycles. The number of esters is 1. The quantitative estimate of drug-likeness (QED) is 0.824. The van der Waals surface area contributed by atoms with Crippen molar-refractivity contribution < 1.29 is 19.4 Å². The first-order valence-electron chi connectivity index (χ1n) is 9.20. The molecule has 5 rings (SSSR count). The molecule has 4 aliphatic carbocycles. The van der Waals surface area contributed by atoms with Crippen LogP contribution in [0.4, 0.5) is 0 Å². The van der Waals surface area contributed by atoms with Gasteiger partial charge in [0.05, 0.1) is 5.56 Å². The molecule has 0 saturated heterocycles. The Labute approximate surface area is 147 Å². The Morgan fingerprint density at radius 3 is 2.32 bits per heavy atom. The second kappa shape index (κ2) is 6.04. The molecule has 0 atom stereocenters. The predicted octanol–water partition coefficient (Wildman–Crippen LogP) is 2.94. The van der Waals surface area contributed by atoms with Gasteiger partial charge < -0.3 is 15.2 Å². The number of carbonyl (C=O) groups is 2. The summed E-state index contributed by atoms with van der Waals surface area (Å²) in [5.41, 5.74) is 0.877. The van der Waals surface area contributed by atoms with E-state index in [4.69, 9.17) is 4.74 Å². The second-order valence-corrected chi connectivity index (χ2v) is 8.32. The molecule has 4 fully saturated rings. The van der Waals surface area contributed by atoms with Gasteiger partial charge in [-0.25, -0.2) is 4.79 Å². The predicted molar refractivity (Wildman–Crippen MR) is 92.2 cm³/mol. The van der Waals surface area contributed by atoms with E-state index in [-0.39, 0.29) is 29.4 Å². The number of phenols is 1. The average molecular weight is 343 g/mol. The molecule has 25 heavy (non-hydrogen) atoms. The van der Waals surface area contributed by atoms with Gasteiger partial charge >= 0.3 is 5.97 Å². The highest BCUT2D eigenvalue weighted by atomic mass is 16.5. The van der Waals surface area contributed by atoms with E-state index in [0.29, 0.717) is 5.56 Å². The van der Waals surface area contributed by atoms with Crippen molar-refractivity contribution in [1.82, 2.24) is 5.32 Å². The lowest BCUT2D eigenvalue weighted by atomic mass is 9.53. The van der Waals surface area contributed by atoms with Crippen LogP contribution in [-0.2, 0) is 9.53 Å². The molecule has 0 unspecified atom stereocenters. The number of carbonyl (C=O) groups excluding carboxylic acids is 2. The van der Waals surface area contributed by atoms with Crippen molar-refractivity contribution in [3.05, 3.63) is 29.3 Å². The topological polar surface area (TPSA) is 75.6 Å². The Kier molecular flexibility index (Phi) is 3.97. The summed E-state index contributed by atoms with van der Waals surface area (Å²) in [5, 5.41) is 12.9. The number of amides is 1. The fourth-order valence-electron chi connectivity index (χ4n) is 5.55. The summed E-state index contributed by atoms with van der Waals surface area (Å²) in [7, 11) is 0. The minimum absolute atomic E-state index is 0.0486. The van der Waals surface area contributed by atoms with Crippen molar-refractivity contribution in [2.45, 2.75) is 51.0 Å². The lowest BCUT2D eigenvalue weighted by molar-refractivity contribution is -0.130. The third-order valence-electron chi connectivity index (χ3n) is 6.22. The van der Waals surface area contributed by atoms with Crippen LogP contribution in [0.2, 0.25) is 0 Å². The maximum Gasteiger partial charge on any atom is 0.338 e. The Morgan fingerprint density at radius 1 is 1.16 bits per heavy atom. The van der Waals surface area contributed by atoms with E-state index in [1.807, 2.05) is 0 Å². The summed E-state index contributed by atoms with van der Waals surface area (Å²) < 4.78 is 5.14. The van der Waals surface area contributed by atoms with E-state index in [0.717, 1.165) is 37.0 Å². The lowest BCUT2D eigenvalue weighted by Crippen LogP contribution is -2.60. The second-order valence-electron chi connectivity index (χ2n) is 8.32. The van der Waals surface area contributed by atoms with Gasteiger partial charge in [-0.2, -0.15) is 0 Å². The van der Waals surface area contributed by atoms with Crippen molar-refractivity contribution in [3.63, 3.8) is 0 Å². The molecule has 1 aromatic rings. The Hall–Kier alpha value is -2.04. The number of rotatable bonds is 4. The van der Waals surface area contributed by atoms with Gasteiger partial charge in [0.25, 0.3) is 5.91 Å². The fourth-order valence-corrected chi connectivity index (χ4v) is 5.55. The van der Waals surface area contributed by atoms with Crippen LogP contribution in [0.1, 0.15) is 54.4 Å². The maximum atomic E-state index is 12.3. The number of ether oxygens (including phenoxy) is 1. The molecule has 1 amide bonds. The Morgan fingerprint density at radius 2 is 1.76 bits per heavy atom. The lowest BCUT2D eigenvalue weighted by Gasteiger charge is -2.56. The SMILES string of the molecule is Cc1ccc(C(=O)OCC(=O)NC23CC4CC(CC(C4)C2)C3)cc1O. The molecule has 4 saturated carbocycles. The third kappa shape index (κ3) is 3.24.